The number of carbonyl (C=O) groups is 1. The van der Waals surface area contributed by atoms with Crippen molar-refractivity contribution in [2.24, 2.45) is 0 Å². The van der Waals surface area contributed by atoms with Crippen molar-refractivity contribution in [3.05, 3.63) is 50.5 Å². The third-order valence-corrected chi connectivity index (χ3v) is 7.58. The zero-order chi connectivity index (χ0) is 21.4. The number of carbonyl (C=O) groups excluding carboxylic acids is 1. The number of halogens is 1. The lowest BCUT2D eigenvalue weighted by Gasteiger charge is -2.35. The van der Waals surface area contributed by atoms with Crippen molar-refractivity contribution in [3.8, 4) is 0 Å². The number of nitrogens with zero attached hydrogens (tertiary/aromatic N) is 5. The van der Waals surface area contributed by atoms with E-state index in [0.717, 1.165) is 35.3 Å². The molecule has 1 saturated heterocycles. The van der Waals surface area contributed by atoms with Crippen LogP contribution >= 0.6 is 22.9 Å². The number of hydrogen-bond donors (Lipinski definition) is 0. The van der Waals surface area contributed by atoms with Crippen LogP contribution < -0.4 is 10.5 Å². The van der Waals surface area contributed by atoms with Crippen molar-refractivity contribution in [2.75, 3.05) is 31.1 Å². The molecule has 0 N–H and O–H groups in total. The molecule has 2 aliphatic rings. The van der Waals surface area contributed by atoms with Gasteiger partial charge in [0.25, 0.3) is 5.56 Å². The average Bonchev–Trinajstić information content (AvgIpc) is 3.18. The van der Waals surface area contributed by atoms with E-state index in [-0.39, 0.29) is 11.5 Å². The molecule has 1 aliphatic carbocycles. The summed E-state index contributed by atoms with van der Waals surface area (Å²) in [6.45, 7) is 3.07. The van der Waals surface area contributed by atoms with E-state index >= 15 is 0 Å². The van der Waals surface area contributed by atoms with Crippen molar-refractivity contribution >= 4 is 44.9 Å². The van der Waals surface area contributed by atoms with E-state index in [1.165, 1.54) is 16.9 Å². The van der Waals surface area contributed by atoms with Crippen molar-refractivity contribution in [2.45, 2.75) is 38.6 Å². The van der Waals surface area contributed by atoms with Crippen LogP contribution in [0.2, 0.25) is 5.15 Å². The maximum atomic E-state index is 13.1. The van der Waals surface area contributed by atoms with Crippen molar-refractivity contribution in [3.63, 3.8) is 0 Å². The fourth-order valence-corrected chi connectivity index (χ4v) is 5.85. The highest BCUT2D eigenvalue weighted by molar-refractivity contribution is 7.18. The standard InChI is InChI=1S/C22H24ClN5O2S/c23-17-6-3-7-18(25-17)26-10-12-27(13-11-26)19(29)8-9-28-14-24-21-20(22(28)30)15-4-1-2-5-16(15)31-21/h3,6-7,14H,1-2,4-5,8-13H2. The molecule has 5 rings (SSSR count). The second-order valence-electron chi connectivity index (χ2n) is 8.07. The van der Waals surface area contributed by atoms with Gasteiger partial charge in [-0.3, -0.25) is 14.2 Å². The van der Waals surface area contributed by atoms with Crippen LogP contribution in [0, 0.1) is 0 Å². The Morgan fingerprint density at radius 2 is 1.94 bits per heavy atom. The van der Waals surface area contributed by atoms with E-state index in [1.54, 1.807) is 28.3 Å². The first-order valence-corrected chi connectivity index (χ1v) is 11.9. The van der Waals surface area contributed by atoms with Gasteiger partial charge in [-0.2, -0.15) is 0 Å². The predicted octanol–water partition coefficient (Wildman–Crippen LogP) is 3.12. The normalized spacial score (nSPS) is 16.5. The molecule has 9 heteroatoms. The summed E-state index contributed by atoms with van der Waals surface area (Å²) in [4.78, 5) is 40.8. The van der Waals surface area contributed by atoms with Gasteiger partial charge in [-0.25, -0.2) is 9.97 Å². The summed E-state index contributed by atoms with van der Waals surface area (Å²) >= 11 is 7.64. The number of aromatic nitrogens is 3. The first-order chi connectivity index (χ1) is 15.1. The highest BCUT2D eigenvalue weighted by Crippen LogP contribution is 2.33. The lowest BCUT2D eigenvalue weighted by atomic mass is 9.97. The van der Waals surface area contributed by atoms with E-state index in [9.17, 15) is 9.59 Å². The van der Waals surface area contributed by atoms with E-state index in [0.29, 0.717) is 44.3 Å². The Balaban J connectivity index is 1.22. The molecule has 4 heterocycles. The summed E-state index contributed by atoms with van der Waals surface area (Å²) < 4.78 is 1.61. The Morgan fingerprint density at radius 1 is 1.13 bits per heavy atom. The number of aryl methyl sites for hydroxylation is 3. The molecule has 0 atom stereocenters. The average molecular weight is 458 g/mol. The van der Waals surface area contributed by atoms with Gasteiger partial charge in [0.05, 0.1) is 11.7 Å². The van der Waals surface area contributed by atoms with Crippen LogP contribution in [0.25, 0.3) is 10.2 Å². The Labute approximate surface area is 189 Å². The molecule has 0 saturated carbocycles. The Morgan fingerprint density at radius 3 is 2.74 bits per heavy atom. The quantitative estimate of drug-likeness (QED) is 0.563. The van der Waals surface area contributed by atoms with Gasteiger partial charge in [-0.1, -0.05) is 17.7 Å². The summed E-state index contributed by atoms with van der Waals surface area (Å²) in [6.07, 6.45) is 6.22. The molecule has 1 amide bonds. The van der Waals surface area contributed by atoms with Gasteiger partial charge < -0.3 is 9.80 Å². The minimum atomic E-state index is -0.00551. The fourth-order valence-electron chi connectivity index (χ4n) is 4.47. The molecule has 0 radical (unpaired) electrons. The van der Waals surface area contributed by atoms with Crippen LogP contribution in [0.4, 0.5) is 5.82 Å². The number of fused-ring (bicyclic) bond motifs is 3. The number of pyridine rings is 1. The van der Waals surface area contributed by atoms with Gasteiger partial charge in [-0.05, 0) is 43.4 Å². The number of anilines is 1. The molecule has 162 valence electrons. The molecule has 0 aromatic carbocycles. The number of thiophene rings is 1. The predicted molar refractivity (Wildman–Crippen MR) is 123 cm³/mol. The number of hydrogen-bond acceptors (Lipinski definition) is 6. The van der Waals surface area contributed by atoms with Crippen LogP contribution in [0.3, 0.4) is 0 Å². The summed E-state index contributed by atoms with van der Waals surface area (Å²) in [5.41, 5.74) is 1.18. The maximum absolute atomic E-state index is 13.1. The van der Waals surface area contributed by atoms with Gasteiger partial charge in [0.1, 0.15) is 15.8 Å². The van der Waals surface area contributed by atoms with Gasteiger partial charge in [0.2, 0.25) is 5.91 Å². The summed E-state index contributed by atoms with van der Waals surface area (Å²) in [5, 5.41) is 1.25. The SMILES string of the molecule is O=C(CCn1cnc2sc3c(c2c1=O)CCCC3)N1CCN(c2cccc(Cl)n2)CC1. The van der Waals surface area contributed by atoms with Gasteiger partial charge >= 0.3 is 0 Å². The number of rotatable bonds is 4. The summed E-state index contributed by atoms with van der Waals surface area (Å²) in [5.74, 6) is 0.905. The van der Waals surface area contributed by atoms with E-state index in [2.05, 4.69) is 14.9 Å². The zero-order valence-corrected chi connectivity index (χ0v) is 18.8. The molecule has 1 fully saturated rings. The van der Waals surface area contributed by atoms with Crippen molar-refractivity contribution in [1.82, 2.24) is 19.4 Å². The van der Waals surface area contributed by atoms with Gasteiger partial charge in [0, 0.05) is 44.0 Å². The van der Waals surface area contributed by atoms with Crippen LogP contribution in [0.5, 0.6) is 0 Å². The smallest absolute Gasteiger partial charge is 0.262 e. The third kappa shape index (κ3) is 4.06. The Bertz CT molecular complexity index is 1180. The van der Waals surface area contributed by atoms with Crippen LogP contribution in [-0.2, 0) is 24.2 Å². The van der Waals surface area contributed by atoms with E-state index in [1.807, 2.05) is 17.0 Å². The second kappa shape index (κ2) is 8.59. The molecule has 3 aromatic heterocycles. The molecule has 0 bridgehead atoms. The minimum Gasteiger partial charge on any atom is -0.353 e. The first-order valence-electron chi connectivity index (χ1n) is 10.7. The lowest BCUT2D eigenvalue weighted by Crippen LogP contribution is -2.49. The van der Waals surface area contributed by atoms with Gasteiger partial charge in [0.15, 0.2) is 0 Å². The molecule has 0 spiro atoms. The van der Waals surface area contributed by atoms with Gasteiger partial charge in [-0.15, -0.1) is 11.3 Å². The Hall–Kier alpha value is -2.45. The Kier molecular flexibility index (Phi) is 5.67. The zero-order valence-electron chi connectivity index (χ0n) is 17.2. The van der Waals surface area contributed by atoms with Crippen LogP contribution in [0.1, 0.15) is 29.7 Å². The van der Waals surface area contributed by atoms with E-state index in [4.69, 9.17) is 11.6 Å². The largest absolute Gasteiger partial charge is 0.353 e. The topological polar surface area (TPSA) is 71.3 Å². The monoisotopic (exact) mass is 457 g/mol. The molecular formula is C22H24ClN5O2S. The van der Waals surface area contributed by atoms with Crippen LogP contribution in [-0.4, -0.2) is 51.5 Å². The molecule has 3 aromatic rings. The fraction of sp³-hybridized carbons (Fsp3) is 0.455. The van der Waals surface area contributed by atoms with Crippen LogP contribution in [0.15, 0.2) is 29.3 Å². The summed E-state index contributed by atoms with van der Waals surface area (Å²) in [7, 11) is 0. The lowest BCUT2D eigenvalue weighted by molar-refractivity contribution is -0.131. The molecule has 31 heavy (non-hydrogen) atoms. The molecular weight excluding hydrogens is 434 g/mol. The number of piperazine rings is 1. The molecule has 7 nitrogen and oxygen atoms in total. The molecule has 0 unspecified atom stereocenters. The second-order valence-corrected chi connectivity index (χ2v) is 9.54. The number of amides is 1. The summed E-state index contributed by atoms with van der Waals surface area (Å²) in [6, 6.07) is 5.57. The van der Waals surface area contributed by atoms with Crippen molar-refractivity contribution in [1.29, 1.82) is 0 Å². The highest BCUT2D eigenvalue weighted by atomic mass is 35.5. The minimum absolute atomic E-state index is 0.00551. The first kappa shape index (κ1) is 20.5. The maximum Gasteiger partial charge on any atom is 0.262 e. The molecule has 1 aliphatic heterocycles. The third-order valence-electron chi connectivity index (χ3n) is 6.17. The van der Waals surface area contributed by atoms with E-state index < -0.39 is 0 Å². The highest BCUT2D eigenvalue weighted by Gasteiger charge is 2.23. The van der Waals surface area contributed by atoms with Crippen molar-refractivity contribution < 1.29 is 4.79 Å².